The minimum atomic E-state index is -0.825. The van der Waals surface area contributed by atoms with Gasteiger partial charge in [0, 0.05) is 43.3 Å². The number of aromatic nitrogens is 1. The number of pyridine rings is 1. The van der Waals surface area contributed by atoms with Crippen molar-refractivity contribution in [3.8, 4) is 0 Å². The van der Waals surface area contributed by atoms with E-state index >= 15 is 0 Å². The molecule has 5 nitrogen and oxygen atoms in total. The molecule has 2 fully saturated rings. The summed E-state index contributed by atoms with van der Waals surface area (Å²) in [5.41, 5.74) is 3.22. The fourth-order valence-corrected chi connectivity index (χ4v) is 3.61. The van der Waals surface area contributed by atoms with Crippen LogP contribution in [0.25, 0.3) is 10.9 Å². The Labute approximate surface area is 141 Å². The van der Waals surface area contributed by atoms with Gasteiger partial charge < -0.3 is 14.7 Å². The molecule has 2 aromatic rings. The molecule has 2 aliphatic rings. The topological polar surface area (TPSA) is 62.7 Å². The molecular weight excluding hydrogens is 304 g/mol. The van der Waals surface area contributed by atoms with Gasteiger partial charge in [0.25, 0.3) is 5.91 Å². The van der Waals surface area contributed by atoms with Crippen molar-refractivity contribution in [3.05, 3.63) is 41.6 Å². The van der Waals surface area contributed by atoms with Gasteiger partial charge in [-0.2, -0.15) is 0 Å². The summed E-state index contributed by atoms with van der Waals surface area (Å²) in [6.07, 6.45) is 1.78. The van der Waals surface area contributed by atoms with Gasteiger partial charge in [-0.1, -0.05) is 12.1 Å². The minimum absolute atomic E-state index is 0.164. The molecule has 0 aliphatic carbocycles. The molecule has 126 valence electrons. The van der Waals surface area contributed by atoms with Crippen LogP contribution in [0.15, 0.2) is 30.3 Å². The highest BCUT2D eigenvalue weighted by molar-refractivity contribution is 5.83. The Hall–Kier alpha value is -1.98. The second-order valence-electron chi connectivity index (χ2n) is 6.71. The van der Waals surface area contributed by atoms with Crippen LogP contribution in [0.1, 0.15) is 36.4 Å². The average molecular weight is 326 g/mol. The number of aliphatic hydroxyl groups is 1. The zero-order valence-corrected chi connectivity index (χ0v) is 13.6. The molecule has 1 amide bonds. The van der Waals surface area contributed by atoms with Crippen LogP contribution in [0, 0.1) is 0 Å². The standard InChI is InChI=1S/C19H22N2O3/c22-18-5-8-21(19(18)23)12-13-1-3-17-15(11-13)2-4-16(20-17)14-6-9-24-10-7-14/h1-4,11,14,18,22H,5-10,12H2/t18-/m1/s1. The number of hydrogen-bond donors (Lipinski definition) is 1. The van der Waals surface area contributed by atoms with E-state index in [1.54, 1.807) is 4.90 Å². The van der Waals surface area contributed by atoms with Crippen molar-refractivity contribution in [2.24, 2.45) is 0 Å². The molecule has 0 radical (unpaired) electrons. The first-order valence-corrected chi connectivity index (χ1v) is 8.65. The smallest absolute Gasteiger partial charge is 0.251 e. The van der Waals surface area contributed by atoms with E-state index in [9.17, 15) is 9.90 Å². The largest absolute Gasteiger partial charge is 0.383 e. The molecular formula is C19H22N2O3. The molecule has 2 aliphatic heterocycles. The number of fused-ring (bicyclic) bond motifs is 1. The maximum absolute atomic E-state index is 11.8. The van der Waals surface area contributed by atoms with Gasteiger partial charge in [-0.25, -0.2) is 0 Å². The first-order chi connectivity index (χ1) is 11.7. The Bertz CT molecular complexity index is 755. The van der Waals surface area contributed by atoms with Crippen LogP contribution in [-0.4, -0.2) is 46.8 Å². The van der Waals surface area contributed by atoms with Gasteiger partial charge in [-0.3, -0.25) is 9.78 Å². The molecule has 0 spiro atoms. The molecule has 1 N–H and O–H groups in total. The summed E-state index contributed by atoms with van der Waals surface area (Å²) in [6, 6.07) is 10.4. The minimum Gasteiger partial charge on any atom is -0.383 e. The number of rotatable bonds is 3. The molecule has 2 saturated heterocycles. The summed E-state index contributed by atoms with van der Waals surface area (Å²) in [7, 11) is 0. The Morgan fingerprint density at radius 1 is 1.17 bits per heavy atom. The maximum Gasteiger partial charge on any atom is 0.251 e. The van der Waals surface area contributed by atoms with E-state index < -0.39 is 6.10 Å². The molecule has 1 atom stereocenters. The first-order valence-electron chi connectivity index (χ1n) is 8.65. The van der Waals surface area contributed by atoms with Crippen molar-refractivity contribution in [2.45, 2.75) is 37.8 Å². The Kier molecular flexibility index (Phi) is 4.21. The van der Waals surface area contributed by atoms with Gasteiger partial charge in [0.2, 0.25) is 0 Å². The lowest BCUT2D eigenvalue weighted by Gasteiger charge is -2.21. The zero-order chi connectivity index (χ0) is 16.5. The van der Waals surface area contributed by atoms with Crippen LogP contribution in [0.2, 0.25) is 0 Å². The van der Waals surface area contributed by atoms with Gasteiger partial charge in [0.05, 0.1) is 5.52 Å². The van der Waals surface area contributed by atoms with Crippen LogP contribution in [0.4, 0.5) is 0 Å². The lowest BCUT2D eigenvalue weighted by atomic mass is 9.95. The Morgan fingerprint density at radius 3 is 2.75 bits per heavy atom. The second-order valence-corrected chi connectivity index (χ2v) is 6.71. The van der Waals surface area contributed by atoms with Gasteiger partial charge in [0.15, 0.2) is 0 Å². The third-order valence-corrected chi connectivity index (χ3v) is 5.06. The fourth-order valence-electron chi connectivity index (χ4n) is 3.61. The van der Waals surface area contributed by atoms with E-state index in [2.05, 4.69) is 18.2 Å². The number of carbonyl (C=O) groups excluding carboxylic acids is 1. The molecule has 0 saturated carbocycles. The lowest BCUT2D eigenvalue weighted by Crippen LogP contribution is -2.28. The Balaban J connectivity index is 1.54. The van der Waals surface area contributed by atoms with Crippen molar-refractivity contribution >= 4 is 16.8 Å². The summed E-state index contributed by atoms with van der Waals surface area (Å²) in [5.74, 6) is 0.328. The van der Waals surface area contributed by atoms with Crippen LogP contribution in [0.5, 0.6) is 0 Å². The molecule has 1 aromatic heterocycles. The molecule has 0 unspecified atom stereocenters. The van der Waals surface area contributed by atoms with Crippen molar-refractivity contribution < 1.29 is 14.6 Å². The van der Waals surface area contributed by atoms with E-state index in [1.807, 2.05) is 12.1 Å². The van der Waals surface area contributed by atoms with Crippen molar-refractivity contribution in [1.29, 1.82) is 0 Å². The average Bonchev–Trinajstić information content (AvgIpc) is 2.94. The van der Waals surface area contributed by atoms with Crippen LogP contribution in [-0.2, 0) is 16.1 Å². The van der Waals surface area contributed by atoms with E-state index in [1.165, 1.54) is 0 Å². The maximum atomic E-state index is 11.8. The van der Waals surface area contributed by atoms with Crippen molar-refractivity contribution in [3.63, 3.8) is 0 Å². The predicted molar refractivity (Wildman–Crippen MR) is 90.6 cm³/mol. The molecule has 24 heavy (non-hydrogen) atoms. The third-order valence-electron chi connectivity index (χ3n) is 5.06. The van der Waals surface area contributed by atoms with Crippen LogP contribution in [0.3, 0.4) is 0 Å². The lowest BCUT2D eigenvalue weighted by molar-refractivity contribution is -0.134. The quantitative estimate of drug-likeness (QED) is 0.939. The second kappa shape index (κ2) is 6.49. The SMILES string of the molecule is O=C1[C@H](O)CCN1Cc1ccc2nc(C3CCOCC3)ccc2c1. The summed E-state index contributed by atoms with van der Waals surface area (Å²) < 4.78 is 5.43. The third kappa shape index (κ3) is 3.01. The zero-order valence-electron chi connectivity index (χ0n) is 13.6. The number of aliphatic hydroxyl groups excluding tert-OH is 1. The fraction of sp³-hybridized carbons (Fsp3) is 0.474. The number of amides is 1. The van der Waals surface area contributed by atoms with Crippen molar-refractivity contribution in [1.82, 2.24) is 9.88 Å². The number of benzene rings is 1. The molecule has 5 heteroatoms. The molecule has 0 bridgehead atoms. The monoisotopic (exact) mass is 326 g/mol. The van der Waals surface area contributed by atoms with E-state index in [0.29, 0.717) is 25.4 Å². The predicted octanol–water partition coefficient (Wildman–Crippen LogP) is 2.22. The molecule has 1 aromatic carbocycles. The summed E-state index contributed by atoms with van der Waals surface area (Å²) in [4.78, 5) is 18.4. The van der Waals surface area contributed by atoms with Gasteiger partial charge in [-0.05, 0) is 43.0 Å². The molecule has 3 heterocycles. The first kappa shape index (κ1) is 15.5. The normalized spacial score (nSPS) is 22.5. The summed E-state index contributed by atoms with van der Waals surface area (Å²) >= 11 is 0. The summed E-state index contributed by atoms with van der Waals surface area (Å²) in [6.45, 7) is 2.81. The Morgan fingerprint density at radius 2 is 2.00 bits per heavy atom. The van der Waals surface area contributed by atoms with Crippen LogP contribution >= 0.6 is 0 Å². The van der Waals surface area contributed by atoms with E-state index in [0.717, 1.165) is 48.2 Å². The van der Waals surface area contributed by atoms with Gasteiger partial charge in [-0.15, -0.1) is 0 Å². The highest BCUT2D eigenvalue weighted by atomic mass is 16.5. The van der Waals surface area contributed by atoms with Crippen molar-refractivity contribution in [2.75, 3.05) is 19.8 Å². The van der Waals surface area contributed by atoms with E-state index in [4.69, 9.17) is 9.72 Å². The van der Waals surface area contributed by atoms with Crippen LogP contribution < -0.4 is 0 Å². The number of hydrogen-bond acceptors (Lipinski definition) is 4. The van der Waals surface area contributed by atoms with Gasteiger partial charge >= 0.3 is 0 Å². The summed E-state index contributed by atoms with van der Waals surface area (Å²) in [5, 5.41) is 10.7. The van der Waals surface area contributed by atoms with E-state index in [-0.39, 0.29) is 5.91 Å². The number of ether oxygens (including phenoxy) is 1. The number of likely N-dealkylation sites (tertiary alicyclic amines) is 1. The number of nitrogens with zero attached hydrogens (tertiary/aromatic N) is 2. The highest BCUT2D eigenvalue weighted by Crippen LogP contribution is 2.27. The number of carbonyl (C=O) groups is 1. The molecule has 4 rings (SSSR count). The highest BCUT2D eigenvalue weighted by Gasteiger charge is 2.29. The van der Waals surface area contributed by atoms with Gasteiger partial charge in [0.1, 0.15) is 6.10 Å².